The first kappa shape index (κ1) is 14.4. The van der Waals surface area contributed by atoms with Crippen molar-refractivity contribution >= 4 is 17.6 Å². The van der Waals surface area contributed by atoms with E-state index in [9.17, 15) is 13.6 Å². The number of amides is 1. The lowest BCUT2D eigenvalue weighted by molar-refractivity contribution is 0.102. The number of nitrogens with zero attached hydrogens (tertiary/aromatic N) is 2. The van der Waals surface area contributed by atoms with Crippen LogP contribution in [-0.2, 0) is 0 Å². The van der Waals surface area contributed by atoms with Crippen LogP contribution >= 0.6 is 0 Å². The zero-order valence-electron chi connectivity index (χ0n) is 10.8. The van der Waals surface area contributed by atoms with Gasteiger partial charge in [0, 0.05) is 6.07 Å². The zero-order chi connectivity index (χ0) is 15.6. The van der Waals surface area contributed by atoms with Gasteiger partial charge in [0.05, 0.1) is 17.3 Å². The van der Waals surface area contributed by atoms with Crippen molar-refractivity contribution in [3.8, 4) is 0 Å². The molecule has 0 aliphatic rings. The summed E-state index contributed by atoms with van der Waals surface area (Å²) in [6.07, 6.45) is 1.22. The summed E-state index contributed by atoms with van der Waals surface area (Å²) in [5, 5.41) is 19.7. The van der Waals surface area contributed by atoms with Crippen LogP contribution in [0.1, 0.15) is 21.5 Å². The third-order valence-electron chi connectivity index (χ3n) is 2.75. The second-order valence-corrected chi connectivity index (χ2v) is 4.18. The second kappa shape index (κ2) is 5.57. The van der Waals surface area contributed by atoms with Crippen molar-refractivity contribution < 1.29 is 18.8 Å². The molecule has 21 heavy (non-hydrogen) atoms. The Balaban J connectivity index is 2.31. The molecule has 0 aliphatic heterocycles. The summed E-state index contributed by atoms with van der Waals surface area (Å²) in [4.78, 5) is 12.0. The standard InChI is InChI=1S/C12H11F2N5O2/c1-5-2-6(9(14)3-8(5)13)12(20)17-11-7(4-16-18-11)10(15)19-21/h2-4,21H,1H3,(H2,15,19)(H2,16,17,18,20). The number of halogens is 2. The summed E-state index contributed by atoms with van der Waals surface area (Å²) >= 11 is 0. The summed E-state index contributed by atoms with van der Waals surface area (Å²) in [6.45, 7) is 1.41. The number of nitrogens with one attached hydrogen (secondary N) is 2. The number of amidine groups is 1. The molecule has 0 radical (unpaired) electrons. The number of aryl methyl sites for hydroxylation is 1. The average Bonchev–Trinajstić information content (AvgIpc) is 2.90. The van der Waals surface area contributed by atoms with Crippen molar-refractivity contribution in [2.24, 2.45) is 10.9 Å². The quantitative estimate of drug-likeness (QED) is 0.296. The Morgan fingerprint density at radius 3 is 2.76 bits per heavy atom. The van der Waals surface area contributed by atoms with Gasteiger partial charge in [-0.15, -0.1) is 0 Å². The van der Waals surface area contributed by atoms with Gasteiger partial charge in [-0.2, -0.15) is 5.10 Å². The molecular formula is C12H11F2N5O2. The Hall–Kier alpha value is -2.97. The number of carbonyl (C=O) groups is 1. The van der Waals surface area contributed by atoms with E-state index >= 15 is 0 Å². The van der Waals surface area contributed by atoms with Crippen molar-refractivity contribution in [2.75, 3.05) is 5.32 Å². The summed E-state index contributed by atoms with van der Waals surface area (Å²) in [5.74, 6) is -2.83. The maximum atomic E-state index is 13.6. The van der Waals surface area contributed by atoms with Crippen molar-refractivity contribution in [2.45, 2.75) is 6.92 Å². The van der Waals surface area contributed by atoms with E-state index in [1.165, 1.54) is 13.1 Å². The number of hydrogen-bond donors (Lipinski definition) is 4. The van der Waals surface area contributed by atoms with Gasteiger partial charge in [-0.3, -0.25) is 9.89 Å². The lowest BCUT2D eigenvalue weighted by Gasteiger charge is -2.07. The van der Waals surface area contributed by atoms with E-state index in [1.807, 2.05) is 0 Å². The Bertz CT molecular complexity index is 726. The van der Waals surface area contributed by atoms with Gasteiger partial charge in [0.1, 0.15) is 17.5 Å². The van der Waals surface area contributed by atoms with Crippen LogP contribution in [0.25, 0.3) is 0 Å². The van der Waals surface area contributed by atoms with Gasteiger partial charge in [0.25, 0.3) is 5.91 Å². The third kappa shape index (κ3) is 2.81. The fourth-order valence-electron chi connectivity index (χ4n) is 1.64. The summed E-state index contributed by atoms with van der Waals surface area (Å²) in [6, 6.07) is 1.71. The molecule has 2 aromatic rings. The van der Waals surface area contributed by atoms with E-state index in [0.29, 0.717) is 6.07 Å². The Labute approximate surface area is 117 Å². The van der Waals surface area contributed by atoms with Crippen LogP contribution in [0.3, 0.4) is 0 Å². The molecule has 0 saturated heterocycles. The topological polar surface area (TPSA) is 116 Å². The molecule has 1 aromatic carbocycles. The van der Waals surface area contributed by atoms with E-state index in [-0.39, 0.29) is 28.3 Å². The molecule has 2 rings (SSSR count). The van der Waals surface area contributed by atoms with Gasteiger partial charge >= 0.3 is 0 Å². The minimum absolute atomic E-state index is 0.0247. The molecule has 1 heterocycles. The fourth-order valence-corrected chi connectivity index (χ4v) is 1.64. The molecule has 0 bridgehead atoms. The van der Waals surface area contributed by atoms with Crippen LogP contribution in [0.2, 0.25) is 0 Å². The van der Waals surface area contributed by atoms with Crippen LogP contribution in [0.4, 0.5) is 14.6 Å². The number of aromatic nitrogens is 2. The molecular weight excluding hydrogens is 284 g/mol. The van der Waals surface area contributed by atoms with Crippen LogP contribution in [-0.4, -0.2) is 27.1 Å². The van der Waals surface area contributed by atoms with Gasteiger partial charge in [0.15, 0.2) is 5.84 Å². The predicted molar refractivity (Wildman–Crippen MR) is 70.1 cm³/mol. The van der Waals surface area contributed by atoms with Crippen LogP contribution in [0.5, 0.6) is 0 Å². The number of nitrogens with two attached hydrogens (primary N) is 1. The van der Waals surface area contributed by atoms with Crippen LogP contribution < -0.4 is 11.1 Å². The van der Waals surface area contributed by atoms with E-state index in [1.54, 1.807) is 0 Å². The minimum Gasteiger partial charge on any atom is -0.409 e. The highest BCUT2D eigenvalue weighted by Crippen LogP contribution is 2.17. The Morgan fingerprint density at radius 2 is 2.10 bits per heavy atom. The third-order valence-corrected chi connectivity index (χ3v) is 2.75. The fraction of sp³-hybridized carbons (Fsp3) is 0.0833. The first-order valence-corrected chi connectivity index (χ1v) is 5.72. The van der Waals surface area contributed by atoms with Crippen LogP contribution in [0.15, 0.2) is 23.5 Å². The number of H-pyrrole nitrogens is 1. The minimum atomic E-state index is -1.000. The van der Waals surface area contributed by atoms with Gasteiger partial charge in [-0.05, 0) is 18.6 Å². The molecule has 110 valence electrons. The Kier molecular flexibility index (Phi) is 3.83. The highest BCUT2D eigenvalue weighted by molar-refractivity contribution is 6.09. The summed E-state index contributed by atoms with van der Waals surface area (Å²) in [7, 11) is 0. The van der Waals surface area contributed by atoms with Crippen LogP contribution in [0, 0.1) is 18.6 Å². The van der Waals surface area contributed by atoms with E-state index in [2.05, 4.69) is 20.7 Å². The number of oxime groups is 1. The molecule has 5 N–H and O–H groups in total. The molecule has 0 fully saturated rings. The van der Waals surface area contributed by atoms with Gasteiger partial charge in [0.2, 0.25) is 0 Å². The molecule has 0 atom stereocenters. The van der Waals surface area contributed by atoms with E-state index in [4.69, 9.17) is 10.9 Å². The molecule has 7 nitrogen and oxygen atoms in total. The number of rotatable bonds is 3. The largest absolute Gasteiger partial charge is 0.409 e. The van der Waals surface area contributed by atoms with Crippen molar-refractivity contribution in [3.63, 3.8) is 0 Å². The first-order chi connectivity index (χ1) is 9.93. The summed E-state index contributed by atoms with van der Waals surface area (Å²) < 4.78 is 26.8. The number of anilines is 1. The Morgan fingerprint density at radius 1 is 1.38 bits per heavy atom. The number of hydrogen-bond acceptors (Lipinski definition) is 4. The molecule has 0 spiro atoms. The van der Waals surface area contributed by atoms with Crippen molar-refractivity contribution in [1.82, 2.24) is 10.2 Å². The number of carbonyl (C=O) groups excluding carboxylic acids is 1. The summed E-state index contributed by atoms with van der Waals surface area (Å²) in [5.41, 5.74) is 5.31. The zero-order valence-corrected chi connectivity index (χ0v) is 10.8. The average molecular weight is 295 g/mol. The van der Waals surface area contributed by atoms with Gasteiger partial charge in [-0.25, -0.2) is 8.78 Å². The van der Waals surface area contributed by atoms with E-state index < -0.39 is 17.5 Å². The smallest absolute Gasteiger partial charge is 0.259 e. The normalized spacial score (nSPS) is 11.5. The SMILES string of the molecule is Cc1cc(C(=O)Nc2[nH]ncc2/C(N)=N/O)c(F)cc1F. The maximum absolute atomic E-state index is 13.6. The van der Waals surface area contributed by atoms with Crippen molar-refractivity contribution in [1.29, 1.82) is 0 Å². The predicted octanol–water partition coefficient (Wildman–Crippen LogP) is 1.34. The maximum Gasteiger partial charge on any atom is 0.259 e. The molecule has 0 aliphatic carbocycles. The second-order valence-electron chi connectivity index (χ2n) is 4.18. The number of benzene rings is 1. The number of aromatic amines is 1. The monoisotopic (exact) mass is 295 g/mol. The van der Waals surface area contributed by atoms with E-state index in [0.717, 1.165) is 6.07 Å². The molecule has 9 heteroatoms. The molecule has 0 saturated carbocycles. The lowest BCUT2D eigenvalue weighted by atomic mass is 10.1. The molecule has 0 unspecified atom stereocenters. The highest BCUT2D eigenvalue weighted by Gasteiger charge is 2.18. The first-order valence-electron chi connectivity index (χ1n) is 5.72. The van der Waals surface area contributed by atoms with Gasteiger partial charge < -0.3 is 16.3 Å². The van der Waals surface area contributed by atoms with Gasteiger partial charge in [-0.1, -0.05) is 5.16 Å². The highest BCUT2D eigenvalue weighted by atomic mass is 19.1. The van der Waals surface area contributed by atoms with Crippen molar-refractivity contribution in [3.05, 3.63) is 46.7 Å². The molecule has 1 aromatic heterocycles. The lowest BCUT2D eigenvalue weighted by Crippen LogP contribution is -2.19. The molecule has 1 amide bonds.